The molecule has 8 nitrogen and oxygen atoms in total. The first-order valence-electron chi connectivity index (χ1n) is 6.42. The van der Waals surface area contributed by atoms with E-state index in [1.807, 2.05) is 9.80 Å². The third-order valence-electron chi connectivity index (χ3n) is 3.33. The zero-order valence-corrected chi connectivity index (χ0v) is 11.7. The van der Waals surface area contributed by atoms with Crippen LogP contribution in [0, 0.1) is 10.1 Å². The summed E-state index contributed by atoms with van der Waals surface area (Å²) in [6, 6.07) is 0. The maximum absolute atomic E-state index is 11.5. The predicted molar refractivity (Wildman–Crippen MR) is 76.4 cm³/mol. The minimum absolute atomic E-state index is 0.0110. The average molecular weight is 297 g/mol. The standard InChI is InChI=1S/C11H15N5O3S/c17-16(18)9-10(14-1-4-19-5-2-14)12-7-13-11(9)15-3-6-20-8-15/h7H,1-6,8H2. The highest BCUT2D eigenvalue weighted by Crippen LogP contribution is 2.36. The number of hydrogen-bond acceptors (Lipinski definition) is 8. The summed E-state index contributed by atoms with van der Waals surface area (Å²) in [7, 11) is 0. The Labute approximate surface area is 120 Å². The van der Waals surface area contributed by atoms with Gasteiger partial charge in [0.05, 0.1) is 24.0 Å². The lowest BCUT2D eigenvalue weighted by Gasteiger charge is -2.28. The second kappa shape index (κ2) is 5.80. The van der Waals surface area contributed by atoms with Gasteiger partial charge in [0, 0.05) is 25.4 Å². The topological polar surface area (TPSA) is 84.6 Å². The van der Waals surface area contributed by atoms with Gasteiger partial charge in [-0.3, -0.25) is 10.1 Å². The van der Waals surface area contributed by atoms with Crippen LogP contribution in [0.4, 0.5) is 17.3 Å². The van der Waals surface area contributed by atoms with E-state index in [4.69, 9.17) is 4.74 Å². The summed E-state index contributed by atoms with van der Waals surface area (Å²) in [5.74, 6) is 2.53. The third-order valence-corrected chi connectivity index (χ3v) is 4.29. The Morgan fingerprint density at radius 3 is 2.50 bits per heavy atom. The minimum Gasteiger partial charge on any atom is -0.378 e. The zero-order chi connectivity index (χ0) is 13.9. The molecule has 108 valence electrons. The van der Waals surface area contributed by atoms with Crippen LogP contribution in [0.25, 0.3) is 0 Å². The Morgan fingerprint density at radius 2 is 1.90 bits per heavy atom. The van der Waals surface area contributed by atoms with Crippen LogP contribution in [0.1, 0.15) is 0 Å². The van der Waals surface area contributed by atoms with Gasteiger partial charge < -0.3 is 14.5 Å². The normalized spacial score (nSPS) is 19.4. The molecule has 1 aromatic rings. The number of hydrogen-bond donors (Lipinski definition) is 0. The Balaban J connectivity index is 2.00. The molecule has 0 N–H and O–H groups in total. The van der Waals surface area contributed by atoms with Crippen molar-refractivity contribution in [3.63, 3.8) is 0 Å². The van der Waals surface area contributed by atoms with Gasteiger partial charge in [-0.25, -0.2) is 9.97 Å². The number of aromatic nitrogens is 2. The highest BCUT2D eigenvalue weighted by Gasteiger charge is 2.31. The highest BCUT2D eigenvalue weighted by atomic mass is 32.2. The quantitative estimate of drug-likeness (QED) is 0.596. The molecule has 0 spiro atoms. The van der Waals surface area contributed by atoms with Crippen molar-refractivity contribution in [3.8, 4) is 0 Å². The number of nitro groups is 1. The molecule has 9 heteroatoms. The van der Waals surface area contributed by atoms with Gasteiger partial charge in [-0.05, 0) is 0 Å². The van der Waals surface area contributed by atoms with Crippen LogP contribution in [0.15, 0.2) is 6.33 Å². The average Bonchev–Trinajstić information content (AvgIpc) is 3.01. The number of thioether (sulfide) groups is 1. The van der Waals surface area contributed by atoms with Gasteiger partial charge in [-0.1, -0.05) is 0 Å². The van der Waals surface area contributed by atoms with Gasteiger partial charge in [0.1, 0.15) is 6.33 Å². The van der Waals surface area contributed by atoms with Crippen LogP contribution in [0.3, 0.4) is 0 Å². The maximum Gasteiger partial charge on any atom is 0.353 e. The molecule has 2 fully saturated rings. The molecule has 0 saturated carbocycles. The highest BCUT2D eigenvalue weighted by molar-refractivity contribution is 7.99. The molecule has 3 rings (SSSR count). The molecular weight excluding hydrogens is 282 g/mol. The van der Waals surface area contributed by atoms with Crippen molar-refractivity contribution in [2.75, 3.05) is 54.3 Å². The Kier molecular flexibility index (Phi) is 3.88. The summed E-state index contributed by atoms with van der Waals surface area (Å²) >= 11 is 1.75. The third kappa shape index (κ3) is 2.50. The molecule has 0 aliphatic carbocycles. The molecule has 1 aromatic heterocycles. The van der Waals surface area contributed by atoms with E-state index in [2.05, 4.69) is 9.97 Å². The van der Waals surface area contributed by atoms with E-state index < -0.39 is 0 Å². The van der Waals surface area contributed by atoms with Crippen molar-refractivity contribution in [2.45, 2.75) is 0 Å². The number of ether oxygens (including phenoxy) is 1. The van der Waals surface area contributed by atoms with Crippen molar-refractivity contribution in [1.82, 2.24) is 9.97 Å². The van der Waals surface area contributed by atoms with Gasteiger partial charge in [0.2, 0.25) is 11.6 Å². The van der Waals surface area contributed by atoms with Crippen molar-refractivity contribution in [2.24, 2.45) is 0 Å². The van der Waals surface area contributed by atoms with E-state index in [1.165, 1.54) is 6.33 Å². The lowest BCUT2D eigenvalue weighted by molar-refractivity contribution is -0.383. The zero-order valence-electron chi connectivity index (χ0n) is 10.9. The van der Waals surface area contributed by atoms with Crippen molar-refractivity contribution >= 4 is 29.1 Å². The van der Waals surface area contributed by atoms with E-state index in [-0.39, 0.29) is 10.6 Å². The van der Waals surface area contributed by atoms with Gasteiger partial charge >= 0.3 is 5.69 Å². The molecule has 3 heterocycles. The van der Waals surface area contributed by atoms with Gasteiger partial charge in [0.25, 0.3) is 0 Å². The molecule has 0 radical (unpaired) electrons. The van der Waals surface area contributed by atoms with Gasteiger partial charge in [0.15, 0.2) is 0 Å². The van der Waals surface area contributed by atoms with Gasteiger partial charge in [-0.2, -0.15) is 0 Å². The number of morpholine rings is 1. The molecule has 2 aliphatic heterocycles. The van der Waals surface area contributed by atoms with Crippen LogP contribution in [-0.4, -0.2) is 59.4 Å². The number of rotatable bonds is 3. The second-order valence-corrected chi connectivity index (χ2v) is 5.60. The molecule has 0 unspecified atom stereocenters. The van der Waals surface area contributed by atoms with E-state index in [0.717, 1.165) is 18.2 Å². The van der Waals surface area contributed by atoms with Crippen LogP contribution in [0.2, 0.25) is 0 Å². The molecule has 0 amide bonds. The van der Waals surface area contributed by atoms with E-state index >= 15 is 0 Å². The molecular formula is C11H15N5O3S. The molecule has 2 aliphatic rings. The van der Waals surface area contributed by atoms with Crippen LogP contribution in [-0.2, 0) is 4.74 Å². The van der Waals surface area contributed by atoms with E-state index in [9.17, 15) is 10.1 Å². The Hall–Kier alpha value is -1.61. The Bertz CT molecular complexity index is 503. The predicted octanol–water partition coefficient (Wildman–Crippen LogP) is 0.732. The van der Waals surface area contributed by atoms with Crippen molar-refractivity contribution in [1.29, 1.82) is 0 Å². The summed E-state index contributed by atoms with van der Waals surface area (Å²) < 4.78 is 5.28. The second-order valence-electron chi connectivity index (χ2n) is 4.53. The van der Waals surface area contributed by atoms with Gasteiger partial charge in [-0.15, -0.1) is 11.8 Å². The first kappa shape index (κ1) is 13.4. The molecule has 2 saturated heterocycles. The summed E-state index contributed by atoms with van der Waals surface area (Å²) in [4.78, 5) is 23.2. The SMILES string of the molecule is O=[N+]([O-])c1c(N2CCOCC2)ncnc1N1CCSC1. The smallest absolute Gasteiger partial charge is 0.353 e. The fourth-order valence-electron chi connectivity index (χ4n) is 2.34. The van der Waals surface area contributed by atoms with Crippen LogP contribution in [0.5, 0.6) is 0 Å². The maximum atomic E-state index is 11.5. The molecule has 0 bridgehead atoms. The van der Waals surface area contributed by atoms with E-state index in [0.29, 0.717) is 37.9 Å². The first-order valence-corrected chi connectivity index (χ1v) is 7.57. The Morgan fingerprint density at radius 1 is 1.20 bits per heavy atom. The van der Waals surface area contributed by atoms with Crippen molar-refractivity contribution in [3.05, 3.63) is 16.4 Å². The first-order chi connectivity index (χ1) is 9.77. The molecule has 0 aromatic carbocycles. The summed E-state index contributed by atoms with van der Waals surface area (Å²) in [5.41, 5.74) is 0.0110. The lowest BCUT2D eigenvalue weighted by Crippen LogP contribution is -2.37. The summed E-state index contributed by atoms with van der Waals surface area (Å²) in [6.07, 6.45) is 1.41. The largest absolute Gasteiger partial charge is 0.378 e. The van der Waals surface area contributed by atoms with Crippen LogP contribution < -0.4 is 9.80 Å². The van der Waals surface area contributed by atoms with Crippen LogP contribution >= 0.6 is 11.8 Å². The number of nitrogens with zero attached hydrogens (tertiary/aromatic N) is 5. The van der Waals surface area contributed by atoms with Crippen molar-refractivity contribution < 1.29 is 9.66 Å². The fraction of sp³-hybridized carbons (Fsp3) is 0.636. The summed E-state index contributed by atoms with van der Waals surface area (Å²) in [5, 5.41) is 11.5. The lowest BCUT2D eigenvalue weighted by atomic mass is 10.3. The number of anilines is 2. The monoisotopic (exact) mass is 297 g/mol. The van der Waals surface area contributed by atoms with E-state index in [1.54, 1.807) is 11.8 Å². The fourth-order valence-corrected chi connectivity index (χ4v) is 3.29. The minimum atomic E-state index is -0.372. The summed E-state index contributed by atoms with van der Waals surface area (Å²) in [6.45, 7) is 3.15. The molecule has 20 heavy (non-hydrogen) atoms. The molecule has 0 atom stereocenters.